The Bertz CT molecular complexity index is 402. The number of rotatable bonds is 5. The van der Waals surface area contributed by atoms with Crippen molar-refractivity contribution in [2.45, 2.75) is 59.5 Å². The second-order valence-corrected chi connectivity index (χ2v) is 6.44. The van der Waals surface area contributed by atoms with Crippen molar-refractivity contribution in [3.05, 3.63) is 5.89 Å². The average Bonchev–Trinajstić information content (AvgIpc) is 2.72. The third-order valence-electron chi connectivity index (χ3n) is 4.10. The standard InChI is InChI=1S/C15H28N4O/c1-11(2)13-6-5-8-19(9-7-13)15-18-17-14(20-15)10-16-12(3)4/h11-13,16H,5-10H2,1-4H3. The van der Waals surface area contributed by atoms with Crippen LogP contribution in [-0.4, -0.2) is 29.3 Å². The molecule has 0 amide bonds. The Labute approximate surface area is 122 Å². The van der Waals surface area contributed by atoms with Gasteiger partial charge in [-0.05, 0) is 31.1 Å². The highest BCUT2D eigenvalue weighted by Crippen LogP contribution is 2.26. The maximum atomic E-state index is 5.77. The summed E-state index contributed by atoms with van der Waals surface area (Å²) in [5.41, 5.74) is 0. The van der Waals surface area contributed by atoms with E-state index in [1.54, 1.807) is 0 Å². The number of aromatic nitrogens is 2. The van der Waals surface area contributed by atoms with Crippen LogP contribution in [0.5, 0.6) is 0 Å². The highest BCUT2D eigenvalue weighted by Gasteiger charge is 2.22. The molecule has 1 aromatic rings. The summed E-state index contributed by atoms with van der Waals surface area (Å²) in [5.74, 6) is 2.27. The smallest absolute Gasteiger partial charge is 0.318 e. The predicted octanol–water partition coefficient (Wildman–Crippen LogP) is 2.83. The summed E-state index contributed by atoms with van der Waals surface area (Å²) in [5, 5.41) is 11.6. The number of nitrogens with zero attached hydrogens (tertiary/aromatic N) is 3. The summed E-state index contributed by atoms with van der Waals surface area (Å²) >= 11 is 0. The van der Waals surface area contributed by atoms with Gasteiger partial charge in [0.25, 0.3) is 0 Å². The van der Waals surface area contributed by atoms with Crippen molar-refractivity contribution >= 4 is 6.01 Å². The van der Waals surface area contributed by atoms with Crippen molar-refractivity contribution in [2.24, 2.45) is 11.8 Å². The molecule has 0 aromatic carbocycles. The maximum absolute atomic E-state index is 5.77. The fraction of sp³-hybridized carbons (Fsp3) is 0.867. The Kier molecular flexibility index (Phi) is 5.40. The van der Waals surface area contributed by atoms with Crippen LogP contribution in [0.2, 0.25) is 0 Å². The van der Waals surface area contributed by atoms with E-state index >= 15 is 0 Å². The largest absolute Gasteiger partial charge is 0.407 e. The van der Waals surface area contributed by atoms with Gasteiger partial charge in [0.15, 0.2) is 0 Å². The highest BCUT2D eigenvalue weighted by molar-refractivity contribution is 5.24. The van der Waals surface area contributed by atoms with Gasteiger partial charge in [-0.15, -0.1) is 5.10 Å². The molecule has 2 heterocycles. The zero-order valence-electron chi connectivity index (χ0n) is 13.2. The summed E-state index contributed by atoms with van der Waals surface area (Å²) in [6, 6.07) is 1.12. The first-order valence-corrected chi connectivity index (χ1v) is 7.87. The maximum Gasteiger partial charge on any atom is 0.318 e. The summed E-state index contributed by atoms with van der Waals surface area (Å²) in [6.07, 6.45) is 3.74. The quantitative estimate of drug-likeness (QED) is 0.899. The van der Waals surface area contributed by atoms with E-state index in [9.17, 15) is 0 Å². The third-order valence-corrected chi connectivity index (χ3v) is 4.10. The van der Waals surface area contributed by atoms with Crippen LogP contribution in [0.3, 0.4) is 0 Å². The Balaban J connectivity index is 1.91. The van der Waals surface area contributed by atoms with Gasteiger partial charge < -0.3 is 14.6 Å². The number of nitrogens with one attached hydrogen (secondary N) is 1. The fourth-order valence-corrected chi connectivity index (χ4v) is 2.72. The molecule has 114 valence electrons. The van der Waals surface area contributed by atoms with Crippen LogP contribution >= 0.6 is 0 Å². The van der Waals surface area contributed by atoms with Crippen LogP contribution in [0.15, 0.2) is 4.42 Å². The molecule has 0 aliphatic carbocycles. The van der Waals surface area contributed by atoms with E-state index in [0.717, 1.165) is 24.9 Å². The summed E-state index contributed by atoms with van der Waals surface area (Å²) < 4.78 is 5.77. The highest BCUT2D eigenvalue weighted by atomic mass is 16.4. The lowest BCUT2D eigenvalue weighted by atomic mass is 9.89. The lowest BCUT2D eigenvalue weighted by Gasteiger charge is -2.19. The second kappa shape index (κ2) is 7.07. The van der Waals surface area contributed by atoms with Crippen LogP contribution in [0.1, 0.15) is 52.8 Å². The van der Waals surface area contributed by atoms with Gasteiger partial charge in [0.05, 0.1) is 6.54 Å². The number of anilines is 1. The lowest BCUT2D eigenvalue weighted by Crippen LogP contribution is -2.25. The predicted molar refractivity (Wildman–Crippen MR) is 80.7 cm³/mol. The first kappa shape index (κ1) is 15.3. The summed E-state index contributed by atoms with van der Waals surface area (Å²) in [6.45, 7) is 11.6. The van der Waals surface area contributed by atoms with Gasteiger partial charge in [0.2, 0.25) is 5.89 Å². The average molecular weight is 280 g/mol. The monoisotopic (exact) mass is 280 g/mol. The van der Waals surface area contributed by atoms with E-state index in [-0.39, 0.29) is 0 Å². The van der Waals surface area contributed by atoms with Crippen molar-refractivity contribution < 1.29 is 4.42 Å². The van der Waals surface area contributed by atoms with Gasteiger partial charge in [0, 0.05) is 19.1 Å². The lowest BCUT2D eigenvalue weighted by molar-refractivity contribution is 0.350. The van der Waals surface area contributed by atoms with Gasteiger partial charge in [-0.25, -0.2) is 0 Å². The fourth-order valence-electron chi connectivity index (χ4n) is 2.72. The SMILES string of the molecule is CC(C)NCc1nnc(N2CCCC(C(C)C)CC2)o1. The molecule has 1 N–H and O–H groups in total. The van der Waals surface area contributed by atoms with Crippen LogP contribution in [-0.2, 0) is 6.54 Å². The molecular weight excluding hydrogens is 252 g/mol. The van der Waals surface area contributed by atoms with Crippen LogP contribution in [0.25, 0.3) is 0 Å². The zero-order valence-corrected chi connectivity index (χ0v) is 13.2. The zero-order chi connectivity index (χ0) is 14.5. The van der Waals surface area contributed by atoms with Crippen molar-refractivity contribution in [3.63, 3.8) is 0 Å². The van der Waals surface area contributed by atoms with Gasteiger partial charge in [0.1, 0.15) is 0 Å². The molecule has 1 saturated heterocycles. The minimum absolute atomic E-state index is 0.426. The van der Waals surface area contributed by atoms with E-state index in [1.807, 2.05) is 0 Å². The Hall–Kier alpha value is -1.10. The summed E-state index contributed by atoms with van der Waals surface area (Å²) in [4.78, 5) is 2.24. The molecule has 0 radical (unpaired) electrons. The molecule has 2 rings (SSSR count). The van der Waals surface area contributed by atoms with Crippen molar-refractivity contribution in [1.29, 1.82) is 0 Å². The molecule has 1 fully saturated rings. The number of hydrogen-bond acceptors (Lipinski definition) is 5. The minimum atomic E-state index is 0.426. The van der Waals surface area contributed by atoms with E-state index in [1.165, 1.54) is 19.3 Å². The molecule has 1 aliphatic heterocycles. The van der Waals surface area contributed by atoms with Gasteiger partial charge in [-0.3, -0.25) is 0 Å². The molecule has 5 heteroatoms. The molecule has 1 aliphatic rings. The topological polar surface area (TPSA) is 54.2 Å². The number of hydrogen-bond donors (Lipinski definition) is 1. The van der Waals surface area contributed by atoms with Gasteiger partial charge >= 0.3 is 6.01 Å². The van der Waals surface area contributed by atoms with Crippen LogP contribution in [0, 0.1) is 11.8 Å². The first-order valence-electron chi connectivity index (χ1n) is 7.87. The molecule has 1 unspecified atom stereocenters. The van der Waals surface area contributed by atoms with Crippen molar-refractivity contribution in [3.8, 4) is 0 Å². The van der Waals surface area contributed by atoms with Crippen LogP contribution < -0.4 is 10.2 Å². The van der Waals surface area contributed by atoms with Gasteiger partial charge in [-0.2, -0.15) is 0 Å². The van der Waals surface area contributed by atoms with E-state index in [2.05, 4.69) is 48.1 Å². The Morgan fingerprint density at radius 1 is 1.20 bits per heavy atom. The van der Waals surface area contributed by atoms with E-state index < -0.39 is 0 Å². The molecule has 0 bridgehead atoms. The first-order chi connectivity index (χ1) is 9.56. The van der Waals surface area contributed by atoms with Crippen molar-refractivity contribution in [2.75, 3.05) is 18.0 Å². The van der Waals surface area contributed by atoms with E-state index in [4.69, 9.17) is 4.42 Å². The Morgan fingerprint density at radius 3 is 2.70 bits per heavy atom. The normalized spacial score (nSPS) is 20.7. The molecular formula is C15H28N4O. The summed E-state index contributed by atoms with van der Waals surface area (Å²) in [7, 11) is 0. The molecule has 0 saturated carbocycles. The van der Waals surface area contributed by atoms with Crippen LogP contribution in [0.4, 0.5) is 6.01 Å². The second-order valence-electron chi connectivity index (χ2n) is 6.44. The Morgan fingerprint density at radius 2 is 2.00 bits per heavy atom. The molecule has 1 aromatic heterocycles. The molecule has 1 atom stereocenters. The molecule has 5 nitrogen and oxygen atoms in total. The molecule has 20 heavy (non-hydrogen) atoms. The molecule has 0 spiro atoms. The van der Waals surface area contributed by atoms with Gasteiger partial charge in [-0.1, -0.05) is 32.8 Å². The minimum Gasteiger partial charge on any atom is -0.407 e. The van der Waals surface area contributed by atoms with Crippen molar-refractivity contribution in [1.82, 2.24) is 15.5 Å². The van der Waals surface area contributed by atoms with E-state index in [0.29, 0.717) is 24.5 Å². The third kappa shape index (κ3) is 4.20.